The zero-order valence-corrected chi connectivity index (χ0v) is 13.1. The van der Waals surface area contributed by atoms with E-state index in [-0.39, 0.29) is 16.0 Å². The second kappa shape index (κ2) is 6.05. The lowest BCUT2D eigenvalue weighted by Gasteiger charge is -2.17. The highest BCUT2D eigenvalue weighted by Gasteiger charge is 2.32. The summed E-state index contributed by atoms with van der Waals surface area (Å²) in [5.41, 5.74) is 5.19. The molecular weight excluding hydrogens is 341 g/mol. The van der Waals surface area contributed by atoms with Gasteiger partial charge in [-0.05, 0) is 25.0 Å². The third-order valence-electron chi connectivity index (χ3n) is 3.38. The van der Waals surface area contributed by atoms with Crippen molar-refractivity contribution in [2.24, 2.45) is 5.73 Å². The highest BCUT2D eigenvalue weighted by molar-refractivity contribution is 7.89. The number of nitro benzene ring substituents is 1. The molecule has 2 unspecified atom stereocenters. The van der Waals surface area contributed by atoms with Crippen molar-refractivity contribution in [2.75, 3.05) is 0 Å². The summed E-state index contributed by atoms with van der Waals surface area (Å²) < 4.78 is 27.1. The molecule has 0 aliphatic heterocycles. The number of nitrogens with zero attached hydrogens (tertiary/aromatic N) is 1. The number of nitro groups is 1. The minimum Gasteiger partial charge on any atom is -0.326 e. The predicted octanol–water partition coefficient (Wildman–Crippen LogP) is 2.06. The maximum Gasteiger partial charge on any atom is 0.307 e. The molecule has 0 bridgehead atoms. The van der Waals surface area contributed by atoms with Crippen LogP contribution in [0.5, 0.6) is 0 Å². The van der Waals surface area contributed by atoms with Gasteiger partial charge in [0, 0.05) is 12.1 Å². The Morgan fingerprint density at radius 2 is 2.00 bits per heavy atom. The molecule has 1 aromatic rings. The minimum atomic E-state index is -4.01. The van der Waals surface area contributed by atoms with Gasteiger partial charge >= 0.3 is 5.69 Å². The van der Waals surface area contributed by atoms with Crippen molar-refractivity contribution in [2.45, 2.75) is 36.2 Å². The smallest absolute Gasteiger partial charge is 0.307 e. The zero-order chi connectivity index (χ0) is 15.8. The average molecular weight is 354 g/mol. The van der Waals surface area contributed by atoms with E-state index in [0.717, 1.165) is 25.0 Å². The van der Waals surface area contributed by atoms with Crippen LogP contribution in [0.2, 0.25) is 10.0 Å². The summed E-state index contributed by atoms with van der Waals surface area (Å²) in [4.78, 5) is 9.73. The predicted molar refractivity (Wildman–Crippen MR) is 79.1 cm³/mol. The molecule has 1 aliphatic rings. The van der Waals surface area contributed by atoms with Crippen molar-refractivity contribution in [3.05, 3.63) is 32.3 Å². The molecule has 1 aliphatic carbocycles. The molecule has 1 saturated carbocycles. The van der Waals surface area contributed by atoms with Crippen LogP contribution >= 0.6 is 23.2 Å². The van der Waals surface area contributed by atoms with E-state index >= 15 is 0 Å². The van der Waals surface area contributed by atoms with E-state index < -0.39 is 31.7 Å². The normalized spacial score (nSPS) is 22.4. The first-order chi connectivity index (χ1) is 9.74. The maximum atomic E-state index is 12.3. The van der Waals surface area contributed by atoms with E-state index in [0.29, 0.717) is 6.42 Å². The Bertz CT molecular complexity index is 680. The Kier molecular flexibility index (Phi) is 4.74. The molecule has 3 N–H and O–H groups in total. The van der Waals surface area contributed by atoms with Gasteiger partial charge in [0.15, 0.2) is 0 Å². The maximum absolute atomic E-state index is 12.3. The monoisotopic (exact) mass is 353 g/mol. The molecule has 10 heteroatoms. The Morgan fingerprint density at radius 1 is 1.33 bits per heavy atom. The van der Waals surface area contributed by atoms with Gasteiger partial charge in [0.25, 0.3) is 0 Å². The average Bonchev–Trinajstić information content (AvgIpc) is 2.73. The summed E-state index contributed by atoms with van der Waals surface area (Å²) in [6.07, 6.45) is 2.16. The van der Waals surface area contributed by atoms with Crippen molar-refractivity contribution in [3.8, 4) is 0 Å². The van der Waals surface area contributed by atoms with Crippen LogP contribution in [0.1, 0.15) is 19.3 Å². The molecule has 2 rings (SSSR count). The van der Waals surface area contributed by atoms with E-state index in [9.17, 15) is 18.5 Å². The number of nitrogens with one attached hydrogen (secondary N) is 1. The van der Waals surface area contributed by atoms with E-state index in [4.69, 9.17) is 28.9 Å². The van der Waals surface area contributed by atoms with Gasteiger partial charge in [-0.3, -0.25) is 10.1 Å². The van der Waals surface area contributed by atoms with Crippen LogP contribution in [0.3, 0.4) is 0 Å². The Morgan fingerprint density at radius 3 is 2.52 bits per heavy atom. The van der Waals surface area contributed by atoms with E-state index in [1.54, 1.807) is 0 Å². The molecule has 0 aromatic heterocycles. The first kappa shape index (κ1) is 16.4. The molecule has 0 spiro atoms. The van der Waals surface area contributed by atoms with Gasteiger partial charge in [-0.1, -0.05) is 29.6 Å². The molecule has 21 heavy (non-hydrogen) atoms. The van der Waals surface area contributed by atoms with E-state index in [1.807, 2.05) is 0 Å². The van der Waals surface area contributed by atoms with Crippen molar-refractivity contribution in [3.63, 3.8) is 0 Å². The van der Waals surface area contributed by atoms with Crippen LogP contribution in [-0.2, 0) is 10.0 Å². The quantitative estimate of drug-likeness (QED) is 0.634. The summed E-state index contributed by atoms with van der Waals surface area (Å²) in [5, 5.41) is 10.2. The van der Waals surface area contributed by atoms with Crippen LogP contribution in [0.25, 0.3) is 0 Å². The molecule has 0 saturated heterocycles. The van der Waals surface area contributed by atoms with Crippen LogP contribution in [0.4, 0.5) is 5.69 Å². The number of sulfonamides is 1. The van der Waals surface area contributed by atoms with E-state index in [2.05, 4.69) is 4.72 Å². The Balaban J connectivity index is 2.41. The fourth-order valence-electron chi connectivity index (χ4n) is 2.30. The van der Waals surface area contributed by atoms with Gasteiger partial charge in [-0.15, -0.1) is 0 Å². The topological polar surface area (TPSA) is 115 Å². The molecule has 2 atom stereocenters. The third-order valence-corrected chi connectivity index (χ3v) is 5.71. The lowest BCUT2D eigenvalue weighted by molar-refractivity contribution is -0.384. The van der Waals surface area contributed by atoms with Gasteiger partial charge in [0.05, 0.1) is 4.92 Å². The molecule has 1 aromatic carbocycles. The lowest BCUT2D eigenvalue weighted by Crippen LogP contribution is -2.43. The minimum absolute atomic E-state index is 0.221. The van der Waals surface area contributed by atoms with E-state index in [1.165, 1.54) is 0 Å². The van der Waals surface area contributed by atoms with Crippen LogP contribution in [0, 0.1) is 10.1 Å². The second-order valence-electron chi connectivity index (χ2n) is 4.79. The van der Waals surface area contributed by atoms with Gasteiger partial charge in [0.2, 0.25) is 10.0 Å². The van der Waals surface area contributed by atoms with Gasteiger partial charge < -0.3 is 5.73 Å². The molecule has 116 valence electrons. The van der Waals surface area contributed by atoms with Crippen LogP contribution in [-0.4, -0.2) is 25.4 Å². The number of rotatable bonds is 4. The number of hydrogen-bond donors (Lipinski definition) is 2. The fraction of sp³-hybridized carbons (Fsp3) is 0.455. The summed E-state index contributed by atoms with van der Waals surface area (Å²) in [7, 11) is -4.01. The number of nitrogens with two attached hydrogens (primary N) is 1. The van der Waals surface area contributed by atoms with Crippen molar-refractivity contribution >= 4 is 38.9 Å². The Hall–Kier alpha value is -0.930. The highest BCUT2D eigenvalue weighted by Crippen LogP contribution is 2.37. The molecule has 0 radical (unpaired) electrons. The van der Waals surface area contributed by atoms with Gasteiger partial charge in [0.1, 0.15) is 14.9 Å². The largest absolute Gasteiger partial charge is 0.326 e. The van der Waals surface area contributed by atoms with Crippen molar-refractivity contribution in [1.82, 2.24) is 4.72 Å². The van der Waals surface area contributed by atoms with Gasteiger partial charge in [-0.25, -0.2) is 13.1 Å². The molecule has 0 heterocycles. The SMILES string of the molecule is NC1CCCC1NS(=O)(=O)c1ccc(Cl)c([N+](=O)[O-])c1Cl. The molecule has 1 fully saturated rings. The van der Waals surface area contributed by atoms with Crippen LogP contribution in [0.15, 0.2) is 17.0 Å². The summed E-state index contributed by atoms with van der Waals surface area (Å²) >= 11 is 11.5. The van der Waals surface area contributed by atoms with Crippen molar-refractivity contribution < 1.29 is 13.3 Å². The molecule has 0 amide bonds. The van der Waals surface area contributed by atoms with Gasteiger partial charge in [-0.2, -0.15) is 0 Å². The molecule has 7 nitrogen and oxygen atoms in total. The fourth-order valence-corrected chi connectivity index (χ4v) is 4.51. The third kappa shape index (κ3) is 3.29. The van der Waals surface area contributed by atoms with Crippen LogP contribution < -0.4 is 10.5 Å². The second-order valence-corrected chi connectivity index (χ2v) is 7.26. The number of benzene rings is 1. The zero-order valence-electron chi connectivity index (χ0n) is 10.8. The standard InChI is InChI=1S/C11H13Cl2N3O4S/c12-6-4-5-9(10(13)11(6)16(17)18)21(19,20)15-8-3-1-2-7(8)14/h4-5,7-8,15H,1-3,14H2. The highest BCUT2D eigenvalue weighted by atomic mass is 35.5. The summed E-state index contributed by atoms with van der Waals surface area (Å²) in [5.74, 6) is 0. The van der Waals surface area contributed by atoms with Crippen molar-refractivity contribution in [1.29, 1.82) is 0 Å². The molecular formula is C11H13Cl2N3O4S. The number of halogens is 2. The summed E-state index contributed by atoms with van der Waals surface area (Å²) in [6.45, 7) is 0. The Labute approximate surface area is 131 Å². The first-order valence-electron chi connectivity index (χ1n) is 6.14. The lowest BCUT2D eigenvalue weighted by atomic mass is 10.2. The first-order valence-corrected chi connectivity index (χ1v) is 8.38. The number of hydrogen-bond acceptors (Lipinski definition) is 5. The summed E-state index contributed by atoms with van der Waals surface area (Å²) in [6, 6.07) is 1.59.